The molecule has 78 valence electrons. The van der Waals surface area contributed by atoms with Gasteiger partial charge in [0.25, 0.3) is 0 Å². The van der Waals surface area contributed by atoms with E-state index in [4.69, 9.17) is 0 Å². The Bertz CT molecular complexity index is 134. The second kappa shape index (κ2) is 8.31. The molecular weight excluding hydrogens is 158 g/mol. The van der Waals surface area contributed by atoms with E-state index in [0.717, 1.165) is 0 Å². The minimum Gasteiger partial charge on any atom is -0.314 e. The van der Waals surface area contributed by atoms with Crippen LogP contribution in [0.25, 0.3) is 0 Å². The number of likely N-dealkylation sites (N-methyl/N-ethyl adjacent to an activating group) is 1. The molecule has 0 bridgehead atoms. The highest BCUT2D eigenvalue weighted by molar-refractivity contribution is 5.00. The van der Waals surface area contributed by atoms with Gasteiger partial charge in [-0.3, -0.25) is 0 Å². The zero-order valence-electron chi connectivity index (χ0n) is 9.69. The molecule has 0 aromatic heterocycles. The lowest BCUT2D eigenvalue weighted by atomic mass is 10.1. The molecule has 0 saturated heterocycles. The number of nitrogens with one attached hydrogen (secondary N) is 1. The Kier molecular flexibility index (Phi) is 8.11. The zero-order valence-corrected chi connectivity index (χ0v) is 9.69. The highest BCUT2D eigenvalue weighted by Gasteiger charge is 2.00. The third-order valence-corrected chi connectivity index (χ3v) is 2.27. The van der Waals surface area contributed by atoms with Gasteiger partial charge in [-0.2, -0.15) is 0 Å². The molecule has 0 rings (SSSR count). The van der Waals surface area contributed by atoms with E-state index >= 15 is 0 Å². The molecule has 1 heteroatoms. The SMILES string of the molecule is CCCCCCC(C=C(C)C)NC. The summed E-state index contributed by atoms with van der Waals surface area (Å²) >= 11 is 0. The first-order valence-electron chi connectivity index (χ1n) is 5.53. The molecule has 1 unspecified atom stereocenters. The Hall–Kier alpha value is -0.300. The molecule has 0 aliphatic carbocycles. The van der Waals surface area contributed by atoms with Gasteiger partial charge in [-0.15, -0.1) is 0 Å². The van der Waals surface area contributed by atoms with Crippen LogP contribution in [0.2, 0.25) is 0 Å². The molecule has 0 amide bonds. The third kappa shape index (κ3) is 8.04. The molecule has 13 heavy (non-hydrogen) atoms. The maximum Gasteiger partial charge on any atom is 0.0249 e. The van der Waals surface area contributed by atoms with Gasteiger partial charge in [0.15, 0.2) is 0 Å². The van der Waals surface area contributed by atoms with Crippen LogP contribution in [0.4, 0.5) is 0 Å². The van der Waals surface area contributed by atoms with E-state index in [0.29, 0.717) is 6.04 Å². The van der Waals surface area contributed by atoms with Crippen LogP contribution in [0.1, 0.15) is 52.9 Å². The smallest absolute Gasteiger partial charge is 0.0249 e. The van der Waals surface area contributed by atoms with Gasteiger partial charge in [0.1, 0.15) is 0 Å². The van der Waals surface area contributed by atoms with Gasteiger partial charge in [-0.05, 0) is 27.3 Å². The quantitative estimate of drug-likeness (QED) is 0.470. The third-order valence-electron chi connectivity index (χ3n) is 2.27. The summed E-state index contributed by atoms with van der Waals surface area (Å²) in [6.45, 7) is 6.58. The zero-order chi connectivity index (χ0) is 10.1. The molecule has 1 atom stereocenters. The van der Waals surface area contributed by atoms with Gasteiger partial charge >= 0.3 is 0 Å². The average Bonchev–Trinajstić information content (AvgIpc) is 2.09. The summed E-state index contributed by atoms with van der Waals surface area (Å²) in [5.41, 5.74) is 1.41. The van der Waals surface area contributed by atoms with Crippen LogP contribution >= 0.6 is 0 Å². The van der Waals surface area contributed by atoms with E-state index in [-0.39, 0.29) is 0 Å². The van der Waals surface area contributed by atoms with Crippen LogP contribution in [0.15, 0.2) is 11.6 Å². The lowest BCUT2D eigenvalue weighted by Crippen LogP contribution is -2.22. The Morgan fingerprint density at radius 3 is 2.38 bits per heavy atom. The molecule has 0 heterocycles. The standard InChI is InChI=1S/C12H25N/c1-5-6-7-8-9-12(13-4)10-11(2)3/h10,12-13H,5-9H2,1-4H3. The summed E-state index contributed by atoms with van der Waals surface area (Å²) in [4.78, 5) is 0. The largest absolute Gasteiger partial charge is 0.314 e. The van der Waals surface area contributed by atoms with Crippen LogP contribution in [0, 0.1) is 0 Å². The maximum atomic E-state index is 3.33. The van der Waals surface area contributed by atoms with Crippen molar-refractivity contribution in [3.63, 3.8) is 0 Å². The second-order valence-electron chi connectivity index (χ2n) is 3.99. The molecule has 0 aromatic rings. The van der Waals surface area contributed by atoms with Gasteiger partial charge < -0.3 is 5.32 Å². The van der Waals surface area contributed by atoms with Gasteiger partial charge in [0.05, 0.1) is 0 Å². The fraction of sp³-hybridized carbons (Fsp3) is 0.833. The number of allylic oxidation sites excluding steroid dienone is 1. The van der Waals surface area contributed by atoms with Crippen molar-refractivity contribution >= 4 is 0 Å². The Morgan fingerprint density at radius 2 is 1.92 bits per heavy atom. The van der Waals surface area contributed by atoms with E-state index in [1.54, 1.807) is 0 Å². The van der Waals surface area contributed by atoms with E-state index in [9.17, 15) is 0 Å². The maximum absolute atomic E-state index is 3.33. The highest BCUT2D eigenvalue weighted by Crippen LogP contribution is 2.07. The van der Waals surface area contributed by atoms with Crippen LogP contribution in [0.3, 0.4) is 0 Å². The summed E-state index contributed by atoms with van der Waals surface area (Å²) in [5, 5.41) is 3.33. The van der Waals surface area contributed by atoms with Gasteiger partial charge in [0.2, 0.25) is 0 Å². The van der Waals surface area contributed by atoms with Crippen LogP contribution < -0.4 is 5.32 Å². The Balaban J connectivity index is 3.54. The van der Waals surface area contributed by atoms with Crippen LogP contribution in [-0.4, -0.2) is 13.1 Å². The van der Waals surface area contributed by atoms with Gasteiger partial charge in [0, 0.05) is 6.04 Å². The molecule has 0 saturated carbocycles. The molecule has 0 aliphatic rings. The number of hydrogen-bond acceptors (Lipinski definition) is 1. The van der Waals surface area contributed by atoms with Crippen molar-refractivity contribution in [3.8, 4) is 0 Å². The molecule has 0 spiro atoms. The molecule has 0 aromatic carbocycles. The van der Waals surface area contributed by atoms with E-state index < -0.39 is 0 Å². The molecule has 0 aliphatic heterocycles. The molecule has 0 fully saturated rings. The molecule has 1 nitrogen and oxygen atoms in total. The summed E-state index contributed by atoms with van der Waals surface area (Å²) in [5.74, 6) is 0. The summed E-state index contributed by atoms with van der Waals surface area (Å²) < 4.78 is 0. The molecular formula is C12H25N. The van der Waals surface area contributed by atoms with Crippen LogP contribution in [-0.2, 0) is 0 Å². The average molecular weight is 183 g/mol. The van der Waals surface area contributed by atoms with Crippen LogP contribution in [0.5, 0.6) is 0 Å². The first-order chi connectivity index (χ1) is 6.20. The lowest BCUT2D eigenvalue weighted by molar-refractivity contribution is 0.549. The van der Waals surface area contributed by atoms with E-state index in [1.807, 2.05) is 7.05 Å². The minimum absolute atomic E-state index is 0.585. The van der Waals surface area contributed by atoms with Crippen molar-refractivity contribution in [2.45, 2.75) is 58.9 Å². The number of unbranched alkanes of at least 4 members (excludes halogenated alkanes) is 3. The first kappa shape index (κ1) is 12.7. The second-order valence-corrected chi connectivity index (χ2v) is 3.99. The Morgan fingerprint density at radius 1 is 1.23 bits per heavy atom. The van der Waals surface area contributed by atoms with Crippen molar-refractivity contribution in [1.29, 1.82) is 0 Å². The fourth-order valence-electron chi connectivity index (χ4n) is 1.50. The summed E-state index contributed by atoms with van der Waals surface area (Å²) in [6.07, 6.45) is 9.04. The normalized spacial score (nSPS) is 12.6. The molecule has 1 N–H and O–H groups in total. The monoisotopic (exact) mass is 183 g/mol. The van der Waals surface area contributed by atoms with Crippen molar-refractivity contribution in [2.24, 2.45) is 0 Å². The van der Waals surface area contributed by atoms with Gasteiger partial charge in [-0.1, -0.05) is 44.3 Å². The van der Waals surface area contributed by atoms with Crippen molar-refractivity contribution < 1.29 is 0 Å². The molecule has 0 radical (unpaired) electrons. The topological polar surface area (TPSA) is 12.0 Å². The fourth-order valence-corrected chi connectivity index (χ4v) is 1.50. The van der Waals surface area contributed by atoms with E-state index in [2.05, 4.69) is 32.2 Å². The predicted molar refractivity (Wildman–Crippen MR) is 61.0 cm³/mol. The lowest BCUT2D eigenvalue weighted by Gasteiger charge is -2.11. The number of hydrogen-bond donors (Lipinski definition) is 1. The van der Waals surface area contributed by atoms with Crippen molar-refractivity contribution in [2.75, 3.05) is 7.05 Å². The van der Waals surface area contributed by atoms with E-state index in [1.165, 1.54) is 37.7 Å². The Labute approximate surface area is 83.6 Å². The number of rotatable bonds is 7. The summed E-state index contributed by atoms with van der Waals surface area (Å²) in [6, 6.07) is 0.585. The van der Waals surface area contributed by atoms with Crippen molar-refractivity contribution in [3.05, 3.63) is 11.6 Å². The predicted octanol–water partition coefficient (Wildman–Crippen LogP) is 3.51. The van der Waals surface area contributed by atoms with Crippen molar-refractivity contribution in [1.82, 2.24) is 5.32 Å². The first-order valence-corrected chi connectivity index (χ1v) is 5.53. The minimum atomic E-state index is 0.585. The highest BCUT2D eigenvalue weighted by atomic mass is 14.9. The van der Waals surface area contributed by atoms with Gasteiger partial charge in [-0.25, -0.2) is 0 Å². The summed E-state index contributed by atoms with van der Waals surface area (Å²) in [7, 11) is 2.05.